The minimum atomic E-state index is -0.503. The van der Waals surface area contributed by atoms with Gasteiger partial charge < -0.3 is 19.8 Å². The van der Waals surface area contributed by atoms with Crippen LogP contribution in [0.15, 0.2) is 47.0 Å². The topological polar surface area (TPSA) is 98.4 Å². The summed E-state index contributed by atoms with van der Waals surface area (Å²) >= 11 is 6.03. The fourth-order valence-electron chi connectivity index (χ4n) is 2.34. The summed E-state index contributed by atoms with van der Waals surface area (Å²) in [7, 11) is 3.14. The van der Waals surface area contributed by atoms with Gasteiger partial charge in [0.05, 0.1) is 10.7 Å². The maximum absolute atomic E-state index is 12.4. The average molecular weight is 389 g/mol. The number of nitrogens with zero attached hydrogens (tertiary/aromatic N) is 2. The lowest BCUT2D eigenvalue weighted by Gasteiger charge is -2.05. The van der Waals surface area contributed by atoms with Crippen LogP contribution < -0.4 is 15.4 Å². The third-order valence-electron chi connectivity index (χ3n) is 3.61. The molecule has 3 rings (SSSR count). The third kappa shape index (κ3) is 4.29. The number of nitrogens with one attached hydrogen (secondary N) is 2. The summed E-state index contributed by atoms with van der Waals surface area (Å²) in [6, 6.07) is 10.2. The first kappa shape index (κ1) is 18.5. The summed E-state index contributed by atoms with van der Waals surface area (Å²) in [6.07, 6.45) is 1.53. The van der Waals surface area contributed by atoms with E-state index in [0.29, 0.717) is 16.5 Å². The molecule has 2 amide bonds. The Morgan fingerprint density at radius 2 is 2.00 bits per heavy atom. The number of amides is 2. The van der Waals surface area contributed by atoms with Crippen molar-refractivity contribution in [2.24, 2.45) is 7.05 Å². The molecule has 1 aromatic carbocycles. The van der Waals surface area contributed by atoms with Gasteiger partial charge in [-0.3, -0.25) is 14.3 Å². The minimum Gasteiger partial charge on any atom is -0.484 e. The molecule has 3 aromatic rings. The molecule has 2 heterocycles. The Kier molecular flexibility index (Phi) is 5.46. The molecule has 0 atom stereocenters. The lowest BCUT2D eigenvalue weighted by atomic mass is 10.3. The largest absolute Gasteiger partial charge is 0.484 e. The van der Waals surface area contributed by atoms with Crippen LogP contribution in [-0.4, -0.2) is 28.6 Å². The van der Waals surface area contributed by atoms with E-state index in [4.69, 9.17) is 20.8 Å². The second-order valence-corrected chi connectivity index (χ2v) is 5.99. The summed E-state index contributed by atoms with van der Waals surface area (Å²) in [5, 5.41) is 9.61. The number of aryl methyl sites for hydroxylation is 1. The fourth-order valence-corrected chi connectivity index (χ4v) is 2.53. The molecule has 2 N–H and O–H groups in total. The van der Waals surface area contributed by atoms with E-state index < -0.39 is 11.8 Å². The van der Waals surface area contributed by atoms with Gasteiger partial charge in [0.15, 0.2) is 11.5 Å². The number of ether oxygens (including phenoxy) is 1. The Balaban J connectivity index is 1.67. The smallest absolute Gasteiger partial charge is 0.291 e. The first-order chi connectivity index (χ1) is 13.0. The first-order valence-electron chi connectivity index (χ1n) is 8.01. The van der Waals surface area contributed by atoms with E-state index in [9.17, 15) is 9.59 Å². The van der Waals surface area contributed by atoms with Crippen LogP contribution in [-0.2, 0) is 13.7 Å². The number of hydrogen-bond acceptors (Lipinski definition) is 5. The van der Waals surface area contributed by atoms with E-state index in [1.807, 2.05) is 0 Å². The second kappa shape index (κ2) is 7.96. The Morgan fingerprint density at radius 3 is 2.74 bits per heavy atom. The molecule has 9 heteroatoms. The fraction of sp³-hybridized carbons (Fsp3) is 0.167. The lowest BCUT2D eigenvalue weighted by Crippen LogP contribution is -2.21. The van der Waals surface area contributed by atoms with Gasteiger partial charge in [0, 0.05) is 20.3 Å². The first-order valence-corrected chi connectivity index (χ1v) is 8.39. The van der Waals surface area contributed by atoms with E-state index in [2.05, 4.69) is 15.7 Å². The van der Waals surface area contributed by atoms with Gasteiger partial charge in [-0.25, -0.2) is 0 Å². The molecule has 27 heavy (non-hydrogen) atoms. The summed E-state index contributed by atoms with van der Waals surface area (Å²) in [4.78, 5) is 24.2. The normalized spacial score (nSPS) is 10.5. The van der Waals surface area contributed by atoms with Crippen LogP contribution in [0.25, 0.3) is 0 Å². The number of anilines is 1. The third-order valence-corrected chi connectivity index (χ3v) is 3.92. The molecule has 0 aliphatic rings. The van der Waals surface area contributed by atoms with Gasteiger partial charge in [-0.15, -0.1) is 0 Å². The molecule has 0 aliphatic heterocycles. The van der Waals surface area contributed by atoms with Gasteiger partial charge in [-0.1, -0.05) is 23.7 Å². The maximum atomic E-state index is 12.4. The van der Waals surface area contributed by atoms with Crippen molar-refractivity contribution in [1.82, 2.24) is 15.1 Å². The standard InChI is InChI=1S/C18H17ClN4O4/c1-20-18(25)16-13(9-23(2)22-16)21-17(24)15-8-7-11(27-15)10-26-14-6-4-3-5-12(14)19/h3-9H,10H2,1-2H3,(H,20,25)(H,21,24). The lowest BCUT2D eigenvalue weighted by molar-refractivity contribution is 0.0958. The predicted octanol–water partition coefficient (Wildman–Crippen LogP) is 2.86. The van der Waals surface area contributed by atoms with Crippen molar-refractivity contribution in [1.29, 1.82) is 0 Å². The number of benzene rings is 1. The molecule has 0 fully saturated rings. The minimum absolute atomic E-state index is 0.0828. The Hall–Kier alpha value is -3.26. The molecule has 0 radical (unpaired) electrons. The van der Waals surface area contributed by atoms with Gasteiger partial charge in [0.25, 0.3) is 11.8 Å². The van der Waals surface area contributed by atoms with Crippen molar-refractivity contribution in [3.8, 4) is 5.75 Å². The molecule has 0 spiro atoms. The van der Waals surface area contributed by atoms with Crippen LogP contribution >= 0.6 is 11.6 Å². The molecule has 0 saturated carbocycles. The molecule has 140 valence electrons. The highest BCUT2D eigenvalue weighted by Crippen LogP contribution is 2.24. The number of carbonyl (C=O) groups excluding carboxylic acids is 2. The van der Waals surface area contributed by atoms with E-state index >= 15 is 0 Å². The number of aromatic nitrogens is 2. The van der Waals surface area contributed by atoms with Crippen LogP contribution in [0.2, 0.25) is 5.02 Å². The van der Waals surface area contributed by atoms with E-state index in [1.165, 1.54) is 24.0 Å². The Labute approximate surface area is 160 Å². The average Bonchev–Trinajstić information content (AvgIpc) is 3.27. The zero-order chi connectivity index (χ0) is 19.4. The molecule has 8 nitrogen and oxygen atoms in total. The second-order valence-electron chi connectivity index (χ2n) is 5.58. The number of rotatable bonds is 6. The summed E-state index contributed by atoms with van der Waals surface area (Å²) in [5.74, 6) is 0.153. The Bertz CT molecular complexity index is 979. The number of hydrogen-bond donors (Lipinski definition) is 2. The monoisotopic (exact) mass is 388 g/mol. The van der Waals surface area contributed by atoms with E-state index in [0.717, 1.165) is 0 Å². The summed E-state index contributed by atoms with van der Waals surface area (Å²) in [6.45, 7) is 0.118. The maximum Gasteiger partial charge on any atom is 0.291 e. The van der Waals surface area contributed by atoms with E-state index in [-0.39, 0.29) is 23.7 Å². The van der Waals surface area contributed by atoms with Gasteiger partial charge in [-0.2, -0.15) is 5.10 Å². The molecule has 2 aromatic heterocycles. The predicted molar refractivity (Wildman–Crippen MR) is 99.0 cm³/mol. The quantitative estimate of drug-likeness (QED) is 0.676. The number of halogens is 1. The molecular formula is C18H17ClN4O4. The molecule has 0 aliphatic carbocycles. The van der Waals surface area contributed by atoms with Gasteiger partial charge in [0.2, 0.25) is 0 Å². The number of carbonyl (C=O) groups is 2. The zero-order valence-electron chi connectivity index (χ0n) is 14.7. The highest BCUT2D eigenvalue weighted by molar-refractivity contribution is 6.32. The molecule has 0 unspecified atom stereocenters. The highest BCUT2D eigenvalue weighted by Gasteiger charge is 2.19. The van der Waals surface area contributed by atoms with Crippen molar-refractivity contribution in [2.45, 2.75) is 6.61 Å². The highest BCUT2D eigenvalue weighted by atomic mass is 35.5. The van der Waals surface area contributed by atoms with Gasteiger partial charge in [-0.05, 0) is 24.3 Å². The van der Waals surface area contributed by atoms with Crippen LogP contribution in [0, 0.1) is 0 Å². The van der Waals surface area contributed by atoms with Crippen LogP contribution in [0.3, 0.4) is 0 Å². The number of para-hydroxylation sites is 1. The van der Waals surface area contributed by atoms with Crippen LogP contribution in [0.4, 0.5) is 5.69 Å². The van der Waals surface area contributed by atoms with Crippen molar-refractivity contribution in [3.63, 3.8) is 0 Å². The van der Waals surface area contributed by atoms with Gasteiger partial charge in [0.1, 0.15) is 18.1 Å². The van der Waals surface area contributed by atoms with Crippen molar-refractivity contribution in [2.75, 3.05) is 12.4 Å². The van der Waals surface area contributed by atoms with Crippen LogP contribution in [0.5, 0.6) is 5.75 Å². The SMILES string of the molecule is CNC(=O)c1nn(C)cc1NC(=O)c1ccc(COc2ccccc2Cl)o1. The molecular weight excluding hydrogens is 372 g/mol. The summed E-state index contributed by atoms with van der Waals surface area (Å²) < 4.78 is 12.5. The van der Waals surface area contributed by atoms with Crippen molar-refractivity contribution >= 4 is 29.1 Å². The number of furan rings is 1. The Morgan fingerprint density at radius 1 is 1.22 bits per heavy atom. The van der Waals surface area contributed by atoms with Crippen molar-refractivity contribution < 1.29 is 18.7 Å². The van der Waals surface area contributed by atoms with Crippen LogP contribution in [0.1, 0.15) is 26.8 Å². The molecule has 0 bridgehead atoms. The molecule has 0 saturated heterocycles. The van der Waals surface area contributed by atoms with Crippen molar-refractivity contribution in [3.05, 3.63) is 64.8 Å². The van der Waals surface area contributed by atoms with E-state index in [1.54, 1.807) is 37.4 Å². The van der Waals surface area contributed by atoms with Gasteiger partial charge >= 0.3 is 0 Å². The summed E-state index contributed by atoms with van der Waals surface area (Å²) in [5.41, 5.74) is 0.397. The zero-order valence-corrected chi connectivity index (χ0v) is 15.4.